The largest absolute Gasteiger partial charge is 0.489 e. The quantitative estimate of drug-likeness (QED) is 0.559. The second-order valence-electron chi connectivity index (χ2n) is 11.8. The zero-order valence-corrected chi connectivity index (χ0v) is 23.9. The molecule has 2 amide bonds. The number of amides is 2. The molecule has 1 atom stereocenters. The maximum absolute atomic E-state index is 14.5. The molecular formula is C32H42FN5O3. The highest BCUT2D eigenvalue weighted by molar-refractivity contribution is 5.96. The van der Waals surface area contributed by atoms with Crippen molar-refractivity contribution in [2.45, 2.75) is 50.5 Å². The van der Waals surface area contributed by atoms with E-state index in [1.165, 1.54) is 37.0 Å². The summed E-state index contributed by atoms with van der Waals surface area (Å²) < 4.78 is 20.9. The topological polar surface area (TPSA) is 77.2 Å². The summed E-state index contributed by atoms with van der Waals surface area (Å²) in [5.41, 5.74) is 2.97. The molecule has 41 heavy (non-hydrogen) atoms. The molecule has 0 spiro atoms. The van der Waals surface area contributed by atoms with Crippen molar-refractivity contribution in [3.8, 4) is 5.75 Å². The fourth-order valence-electron chi connectivity index (χ4n) is 6.71. The summed E-state index contributed by atoms with van der Waals surface area (Å²) in [5, 5.41) is 6.67. The average molecular weight is 564 g/mol. The Labute approximate surface area is 242 Å². The van der Waals surface area contributed by atoms with Gasteiger partial charge < -0.3 is 30.1 Å². The van der Waals surface area contributed by atoms with Gasteiger partial charge >= 0.3 is 0 Å². The minimum absolute atomic E-state index is 0.00464. The molecule has 4 fully saturated rings. The van der Waals surface area contributed by atoms with Gasteiger partial charge in [-0.2, -0.15) is 0 Å². The van der Waals surface area contributed by atoms with E-state index in [-0.39, 0.29) is 17.9 Å². The standard InChI is InChI=1S/C32H42FN5O3/c33-26-18-25(19-27(21-26)36-12-10-34-11-13-36)32(40)38-16-14-37(15-17-38)31(39)24-6-7-30(41-28-8-9-35-22-28)29(20-24)23-4-2-1-3-5-23/h6-7,18-21,23,28,34-35H,1-5,8-17,22H2/t28-/m1/s1. The van der Waals surface area contributed by atoms with Gasteiger partial charge in [-0.05, 0) is 73.7 Å². The molecule has 3 aliphatic heterocycles. The van der Waals surface area contributed by atoms with Gasteiger partial charge in [-0.25, -0.2) is 4.39 Å². The minimum atomic E-state index is -0.399. The highest BCUT2D eigenvalue weighted by Gasteiger charge is 2.29. The van der Waals surface area contributed by atoms with Crippen LogP contribution < -0.4 is 20.3 Å². The van der Waals surface area contributed by atoms with Gasteiger partial charge in [0.05, 0.1) is 0 Å². The van der Waals surface area contributed by atoms with Crippen LogP contribution in [-0.2, 0) is 0 Å². The van der Waals surface area contributed by atoms with E-state index in [2.05, 4.69) is 21.6 Å². The van der Waals surface area contributed by atoms with Crippen molar-refractivity contribution >= 4 is 17.5 Å². The van der Waals surface area contributed by atoms with Crippen LogP contribution in [0.1, 0.15) is 70.7 Å². The molecule has 220 valence electrons. The maximum atomic E-state index is 14.5. The second kappa shape index (κ2) is 12.8. The molecule has 4 aliphatic rings. The van der Waals surface area contributed by atoms with Crippen LogP contribution in [0.4, 0.5) is 10.1 Å². The summed E-state index contributed by atoms with van der Waals surface area (Å²) >= 11 is 0. The summed E-state index contributed by atoms with van der Waals surface area (Å²) in [6, 6.07) is 10.6. The Hall–Kier alpha value is -3.17. The van der Waals surface area contributed by atoms with Crippen LogP contribution in [0, 0.1) is 5.82 Å². The third-order valence-corrected chi connectivity index (χ3v) is 9.08. The van der Waals surface area contributed by atoms with Crippen LogP contribution in [0.2, 0.25) is 0 Å². The number of carbonyl (C=O) groups excluding carboxylic acids is 2. The molecule has 1 aliphatic carbocycles. The van der Waals surface area contributed by atoms with Gasteiger partial charge in [0.15, 0.2) is 0 Å². The first-order valence-electron chi connectivity index (χ1n) is 15.4. The van der Waals surface area contributed by atoms with Crippen LogP contribution in [0.25, 0.3) is 0 Å². The number of anilines is 1. The van der Waals surface area contributed by atoms with E-state index in [1.54, 1.807) is 11.0 Å². The number of hydrogen-bond acceptors (Lipinski definition) is 6. The van der Waals surface area contributed by atoms with E-state index in [9.17, 15) is 14.0 Å². The summed E-state index contributed by atoms with van der Waals surface area (Å²) in [6.07, 6.45) is 7.14. The Morgan fingerprint density at radius 2 is 1.46 bits per heavy atom. The van der Waals surface area contributed by atoms with Gasteiger partial charge in [0.1, 0.15) is 17.7 Å². The lowest BCUT2D eigenvalue weighted by Crippen LogP contribution is -2.50. The number of benzene rings is 2. The summed E-state index contributed by atoms with van der Waals surface area (Å²) in [7, 11) is 0. The van der Waals surface area contributed by atoms with Gasteiger partial charge in [0, 0.05) is 75.7 Å². The van der Waals surface area contributed by atoms with Crippen LogP contribution in [-0.4, -0.2) is 93.2 Å². The molecule has 9 heteroatoms. The lowest BCUT2D eigenvalue weighted by Gasteiger charge is -2.35. The van der Waals surface area contributed by atoms with Gasteiger partial charge in [-0.3, -0.25) is 9.59 Å². The molecular weight excluding hydrogens is 521 g/mol. The second-order valence-corrected chi connectivity index (χ2v) is 11.8. The van der Waals surface area contributed by atoms with Gasteiger partial charge in [0.2, 0.25) is 0 Å². The molecule has 3 saturated heterocycles. The fourth-order valence-corrected chi connectivity index (χ4v) is 6.71. The first-order valence-corrected chi connectivity index (χ1v) is 15.4. The maximum Gasteiger partial charge on any atom is 0.254 e. The van der Waals surface area contributed by atoms with Crippen molar-refractivity contribution < 1.29 is 18.7 Å². The van der Waals surface area contributed by atoms with Crippen molar-refractivity contribution in [3.63, 3.8) is 0 Å². The number of nitrogens with zero attached hydrogens (tertiary/aromatic N) is 3. The molecule has 2 aromatic carbocycles. The third-order valence-electron chi connectivity index (χ3n) is 9.08. The smallest absolute Gasteiger partial charge is 0.254 e. The molecule has 8 nitrogen and oxygen atoms in total. The molecule has 1 saturated carbocycles. The van der Waals surface area contributed by atoms with Crippen molar-refractivity contribution in [1.82, 2.24) is 20.4 Å². The number of carbonyl (C=O) groups is 2. The van der Waals surface area contributed by atoms with Gasteiger partial charge in [-0.15, -0.1) is 0 Å². The molecule has 2 N–H and O–H groups in total. The van der Waals surface area contributed by atoms with E-state index < -0.39 is 5.82 Å². The SMILES string of the molecule is O=C(c1cc(F)cc(N2CCNCC2)c1)N1CCN(C(=O)c2ccc(O[C@@H]3CCNC3)c(C3CCCCC3)c2)CC1. The highest BCUT2D eigenvalue weighted by atomic mass is 19.1. The summed E-state index contributed by atoms with van der Waals surface area (Å²) in [6.45, 7) is 6.84. The summed E-state index contributed by atoms with van der Waals surface area (Å²) in [4.78, 5) is 32.6. The van der Waals surface area contributed by atoms with E-state index >= 15 is 0 Å². The van der Waals surface area contributed by atoms with E-state index in [0.29, 0.717) is 43.2 Å². The van der Waals surface area contributed by atoms with Gasteiger partial charge in [0.25, 0.3) is 11.8 Å². The monoisotopic (exact) mass is 563 g/mol. The molecule has 0 radical (unpaired) electrons. The molecule has 6 rings (SSSR count). The zero-order valence-electron chi connectivity index (χ0n) is 23.9. The molecule has 3 heterocycles. The van der Waals surface area contributed by atoms with Crippen LogP contribution in [0.5, 0.6) is 5.75 Å². The molecule has 0 bridgehead atoms. The number of rotatable bonds is 6. The molecule has 2 aromatic rings. The summed E-state index contributed by atoms with van der Waals surface area (Å²) in [5.74, 6) is 0.759. The van der Waals surface area contributed by atoms with Crippen LogP contribution in [0.15, 0.2) is 36.4 Å². The zero-order chi connectivity index (χ0) is 28.2. The lowest BCUT2D eigenvalue weighted by atomic mass is 9.83. The van der Waals surface area contributed by atoms with Crippen molar-refractivity contribution in [3.05, 3.63) is 58.9 Å². The Morgan fingerprint density at radius 1 is 0.756 bits per heavy atom. The molecule has 0 unspecified atom stereocenters. The minimum Gasteiger partial charge on any atom is -0.489 e. The first-order chi connectivity index (χ1) is 20.0. The van der Waals surface area contributed by atoms with E-state index in [4.69, 9.17) is 4.74 Å². The number of halogens is 1. The average Bonchev–Trinajstić information content (AvgIpc) is 3.54. The molecule has 0 aromatic heterocycles. The third kappa shape index (κ3) is 6.51. The Balaban J connectivity index is 1.12. The number of ether oxygens (including phenoxy) is 1. The Morgan fingerprint density at radius 3 is 2.15 bits per heavy atom. The van der Waals surface area contributed by atoms with Gasteiger partial charge in [-0.1, -0.05) is 19.3 Å². The van der Waals surface area contributed by atoms with Crippen molar-refractivity contribution in [2.24, 2.45) is 0 Å². The predicted octanol–water partition coefficient (Wildman–Crippen LogP) is 3.62. The Bertz CT molecular complexity index is 1230. The number of piperazine rings is 2. The Kier molecular flexibility index (Phi) is 8.72. The first kappa shape index (κ1) is 28.0. The normalized spacial score (nSPS) is 22.2. The predicted molar refractivity (Wildman–Crippen MR) is 157 cm³/mol. The number of hydrogen-bond donors (Lipinski definition) is 2. The van der Waals surface area contributed by atoms with Crippen molar-refractivity contribution in [2.75, 3.05) is 70.3 Å². The van der Waals surface area contributed by atoms with E-state index in [1.807, 2.05) is 17.0 Å². The fraction of sp³-hybridized carbons (Fsp3) is 0.562. The van der Waals surface area contributed by atoms with Crippen LogP contribution >= 0.6 is 0 Å². The van der Waals surface area contributed by atoms with Crippen LogP contribution in [0.3, 0.4) is 0 Å². The van der Waals surface area contributed by atoms with E-state index in [0.717, 1.165) is 70.0 Å². The number of nitrogens with one attached hydrogen (secondary N) is 2. The highest BCUT2D eigenvalue weighted by Crippen LogP contribution is 2.39. The lowest BCUT2D eigenvalue weighted by molar-refractivity contribution is 0.0535. The van der Waals surface area contributed by atoms with Crippen molar-refractivity contribution in [1.29, 1.82) is 0 Å².